The first-order chi connectivity index (χ1) is 11.0. The quantitative estimate of drug-likeness (QED) is 0.797. The van der Waals surface area contributed by atoms with Crippen LogP contribution >= 0.6 is 0 Å². The maximum absolute atomic E-state index is 12.2. The first-order valence-corrected chi connectivity index (χ1v) is 7.45. The van der Waals surface area contributed by atoms with Crippen molar-refractivity contribution in [2.45, 2.75) is 26.4 Å². The summed E-state index contributed by atoms with van der Waals surface area (Å²) in [6.45, 7) is 3.83. The summed E-state index contributed by atoms with van der Waals surface area (Å²) in [6, 6.07) is 13.1. The number of rotatable bonds is 4. The molecule has 1 atom stereocenters. The summed E-state index contributed by atoms with van der Waals surface area (Å²) in [5.74, 6) is -0.247. The van der Waals surface area contributed by atoms with Crippen LogP contribution in [0.1, 0.15) is 24.1 Å². The molecule has 0 aliphatic heterocycles. The van der Waals surface area contributed by atoms with Crippen LogP contribution in [0.15, 0.2) is 53.5 Å². The number of benzene rings is 1. The zero-order valence-corrected chi connectivity index (χ0v) is 13.1. The van der Waals surface area contributed by atoms with Gasteiger partial charge in [0.2, 0.25) is 5.91 Å². The van der Waals surface area contributed by atoms with Crippen LogP contribution in [0.2, 0.25) is 0 Å². The van der Waals surface area contributed by atoms with Gasteiger partial charge in [0.1, 0.15) is 6.54 Å². The van der Waals surface area contributed by atoms with E-state index in [4.69, 9.17) is 0 Å². The number of nitrogens with one attached hydrogen (secondary N) is 1. The van der Waals surface area contributed by atoms with E-state index in [2.05, 4.69) is 10.4 Å². The van der Waals surface area contributed by atoms with E-state index in [1.807, 2.05) is 38.1 Å². The molecular formula is C17H18N4O2. The lowest BCUT2D eigenvalue weighted by Gasteiger charge is -2.14. The number of fused-ring (bicyclic) bond motifs is 1. The molecule has 1 amide bonds. The lowest BCUT2D eigenvalue weighted by molar-refractivity contribution is -0.122. The topological polar surface area (TPSA) is 68.4 Å². The van der Waals surface area contributed by atoms with Gasteiger partial charge in [0, 0.05) is 6.20 Å². The minimum absolute atomic E-state index is 0.100. The number of pyridine rings is 1. The molecule has 0 unspecified atom stereocenters. The fourth-order valence-electron chi connectivity index (χ4n) is 2.43. The summed E-state index contributed by atoms with van der Waals surface area (Å²) < 4.78 is 2.59. The third kappa shape index (κ3) is 3.15. The van der Waals surface area contributed by atoms with Gasteiger partial charge in [0.15, 0.2) is 5.65 Å². The lowest BCUT2D eigenvalue weighted by atomic mass is 10.1. The number of aryl methyl sites for hydroxylation is 1. The molecule has 1 aromatic carbocycles. The second-order valence-corrected chi connectivity index (χ2v) is 5.57. The van der Waals surface area contributed by atoms with Crippen LogP contribution in [0.3, 0.4) is 0 Å². The molecule has 0 spiro atoms. The van der Waals surface area contributed by atoms with Crippen LogP contribution in [-0.4, -0.2) is 20.1 Å². The van der Waals surface area contributed by atoms with E-state index < -0.39 is 0 Å². The Balaban J connectivity index is 1.72. The van der Waals surface area contributed by atoms with Gasteiger partial charge in [-0.15, -0.1) is 5.10 Å². The van der Waals surface area contributed by atoms with E-state index in [1.165, 1.54) is 14.6 Å². The second kappa shape index (κ2) is 6.08. The van der Waals surface area contributed by atoms with Crippen molar-refractivity contribution in [3.8, 4) is 0 Å². The van der Waals surface area contributed by atoms with E-state index in [-0.39, 0.29) is 24.2 Å². The van der Waals surface area contributed by atoms with Gasteiger partial charge in [-0.05, 0) is 31.5 Å². The first-order valence-electron chi connectivity index (χ1n) is 7.45. The number of amides is 1. The van der Waals surface area contributed by atoms with Crippen molar-refractivity contribution in [2.24, 2.45) is 0 Å². The van der Waals surface area contributed by atoms with Gasteiger partial charge < -0.3 is 5.32 Å². The predicted octanol–water partition coefficient (Wildman–Crippen LogP) is 1.68. The lowest BCUT2D eigenvalue weighted by Crippen LogP contribution is -2.34. The van der Waals surface area contributed by atoms with Gasteiger partial charge in [0.05, 0.1) is 6.04 Å². The molecule has 0 fully saturated rings. The minimum atomic E-state index is -0.321. The summed E-state index contributed by atoms with van der Waals surface area (Å²) in [5, 5.41) is 7.04. The van der Waals surface area contributed by atoms with Gasteiger partial charge in [-0.2, -0.15) is 0 Å². The maximum atomic E-state index is 12.2. The number of aromatic nitrogens is 3. The summed E-state index contributed by atoms with van der Waals surface area (Å²) in [7, 11) is 0. The van der Waals surface area contributed by atoms with Gasteiger partial charge in [0.25, 0.3) is 0 Å². The molecule has 0 aliphatic rings. The molecule has 6 heteroatoms. The fourth-order valence-corrected chi connectivity index (χ4v) is 2.43. The van der Waals surface area contributed by atoms with Gasteiger partial charge in [-0.3, -0.25) is 9.20 Å². The summed E-state index contributed by atoms with van der Waals surface area (Å²) >= 11 is 0. The maximum Gasteiger partial charge on any atom is 0.350 e. The van der Waals surface area contributed by atoms with Crippen molar-refractivity contribution >= 4 is 11.6 Å². The zero-order chi connectivity index (χ0) is 16.4. The monoisotopic (exact) mass is 310 g/mol. The molecule has 2 aromatic heterocycles. The van der Waals surface area contributed by atoms with E-state index >= 15 is 0 Å². The van der Waals surface area contributed by atoms with Crippen molar-refractivity contribution in [3.63, 3.8) is 0 Å². The Kier molecular flexibility index (Phi) is 3.97. The third-order valence-electron chi connectivity index (χ3n) is 3.74. The molecule has 1 N–H and O–H groups in total. The van der Waals surface area contributed by atoms with E-state index in [1.54, 1.807) is 24.4 Å². The Morgan fingerprint density at radius 1 is 1.22 bits per heavy atom. The van der Waals surface area contributed by atoms with E-state index in [0.29, 0.717) is 5.65 Å². The van der Waals surface area contributed by atoms with E-state index in [9.17, 15) is 9.59 Å². The van der Waals surface area contributed by atoms with Crippen molar-refractivity contribution in [3.05, 3.63) is 70.3 Å². The van der Waals surface area contributed by atoms with Crippen LogP contribution in [0.5, 0.6) is 0 Å². The second-order valence-electron chi connectivity index (χ2n) is 5.57. The molecule has 0 saturated heterocycles. The number of hydrogen-bond donors (Lipinski definition) is 1. The molecule has 6 nitrogen and oxygen atoms in total. The summed E-state index contributed by atoms with van der Waals surface area (Å²) in [4.78, 5) is 24.3. The smallest absolute Gasteiger partial charge is 0.348 e. The predicted molar refractivity (Wildman–Crippen MR) is 87.2 cm³/mol. The molecule has 2 heterocycles. The van der Waals surface area contributed by atoms with Crippen LogP contribution in [0, 0.1) is 6.92 Å². The molecule has 23 heavy (non-hydrogen) atoms. The van der Waals surface area contributed by atoms with Crippen LogP contribution in [0.4, 0.5) is 0 Å². The molecule has 118 valence electrons. The molecule has 3 rings (SSSR count). The number of nitrogens with zero attached hydrogens (tertiary/aromatic N) is 3. The van der Waals surface area contributed by atoms with Gasteiger partial charge >= 0.3 is 5.69 Å². The Hall–Kier alpha value is -2.89. The fraction of sp³-hybridized carbons (Fsp3) is 0.235. The molecule has 0 aliphatic carbocycles. The van der Waals surface area contributed by atoms with Crippen molar-refractivity contribution in [1.82, 2.24) is 19.5 Å². The third-order valence-corrected chi connectivity index (χ3v) is 3.74. The highest BCUT2D eigenvalue weighted by Crippen LogP contribution is 2.12. The van der Waals surface area contributed by atoms with Crippen LogP contribution in [0.25, 0.3) is 5.65 Å². The summed E-state index contributed by atoms with van der Waals surface area (Å²) in [6.07, 6.45) is 1.63. The average molecular weight is 310 g/mol. The Bertz CT molecular complexity index is 893. The van der Waals surface area contributed by atoms with Crippen molar-refractivity contribution < 1.29 is 4.79 Å². The van der Waals surface area contributed by atoms with Crippen LogP contribution < -0.4 is 11.0 Å². The van der Waals surface area contributed by atoms with Crippen molar-refractivity contribution in [2.75, 3.05) is 0 Å². The number of carbonyl (C=O) groups is 1. The Labute approximate surface area is 133 Å². The number of carbonyl (C=O) groups excluding carboxylic acids is 1. The molecular weight excluding hydrogens is 292 g/mol. The normalized spacial score (nSPS) is 12.3. The van der Waals surface area contributed by atoms with Gasteiger partial charge in [-0.1, -0.05) is 35.9 Å². The van der Waals surface area contributed by atoms with Gasteiger partial charge in [-0.25, -0.2) is 9.48 Å². The SMILES string of the molecule is Cc1ccc([C@H](C)NC(=O)Cn2nc3ccccn3c2=O)cc1. The first kappa shape index (κ1) is 15.0. The molecule has 3 aromatic rings. The van der Waals surface area contributed by atoms with Crippen molar-refractivity contribution in [1.29, 1.82) is 0 Å². The Morgan fingerprint density at radius 3 is 2.65 bits per heavy atom. The molecule has 0 saturated carbocycles. The zero-order valence-electron chi connectivity index (χ0n) is 13.1. The highest BCUT2D eigenvalue weighted by molar-refractivity contribution is 5.76. The highest BCUT2D eigenvalue weighted by atomic mass is 16.2. The number of hydrogen-bond acceptors (Lipinski definition) is 3. The largest absolute Gasteiger partial charge is 0.350 e. The summed E-state index contributed by atoms with van der Waals surface area (Å²) in [5.41, 5.74) is 2.39. The van der Waals surface area contributed by atoms with Crippen LogP contribution in [-0.2, 0) is 11.3 Å². The molecule has 0 radical (unpaired) electrons. The molecule has 0 bridgehead atoms. The average Bonchev–Trinajstić information content (AvgIpc) is 2.84. The van der Waals surface area contributed by atoms with E-state index in [0.717, 1.165) is 5.56 Å². The standard InChI is InChI=1S/C17H18N4O2/c1-12-6-8-14(9-7-12)13(2)18-16(22)11-21-17(23)20-10-4-3-5-15(20)19-21/h3-10,13H,11H2,1-2H3,(H,18,22)/t13-/m0/s1. The Morgan fingerprint density at radius 2 is 1.96 bits per heavy atom. The minimum Gasteiger partial charge on any atom is -0.348 e. The highest BCUT2D eigenvalue weighted by Gasteiger charge is 2.13.